The number of hydrogen-bond acceptors (Lipinski definition) is 5. The number of nitrogens with zero attached hydrogens (tertiary/aromatic N) is 3. The highest BCUT2D eigenvalue weighted by molar-refractivity contribution is 7.98. The average molecular weight is 305 g/mol. The number of rotatable bonds is 4. The van der Waals surface area contributed by atoms with E-state index in [0.29, 0.717) is 22.8 Å². The Morgan fingerprint density at radius 2 is 2.29 bits per heavy atom. The van der Waals surface area contributed by atoms with Crippen LogP contribution in [0, 0.1) is 0 Å². The van der Waals surface area contributed by atoms with Crippen LogP contribution in [0.3, 0.4) is 0 Å². The average Bonchev–Trinajstić information content (AvgIpc) is 3.03. The largest absolute Gasteiger partial charge is 0.382 e. The van der Waals surface area contributed by atoms with Crippen LogP contribution in [-0.4, -0.2) is 19.5 Å². The molecule has 2 aromatic rings. The number of imidazole rings is 1. The molecule has 0 saturated heterocycles. The van der Waals surface area contributed by atoms with E-state index in [1.807, 2.05) is 4.57 Å². The first-order chi connectivity index (χ1) is 10.1. The Morgan fingerprint density at radius 1 is 1.48 bits per heavy atom. The van der Waals surface area contributed by atoms with E-state index in [2.05, 4.69) is 28.8 Å². The van der Waals surface area contributed by atoms with Gasteiger partial charge >= 0.3 is 0 Å². The zero-order valence-corrected chi connectivity index (χ0v) is 13.0. The summed E-state index contributed by atoms with van der Waals surface area (Å²) in [6.07, 6.45) is 4.52. The molecule has 2 aromatic heterocycles. The Morgan fingerprint density at radius 3 is 3.05 bits per heavy atom. The zero-order chi connectivity index (χ0) is 15.0. The standard InChI is InChI=1S/C14H19N5OS/c1-8(2)19-7-16-12(15)11(19)6-21-14-17-10-5-3-4-9(10)13(20)18-14/h7-8H,3-6,15H2,1-2H3,(H,17,18,20). The Balaban J connectivity index is 1.81. The Kier molecular flexibility index (Phi) is 3.75. The van der Waals surface area contributed by atoms with E-state index >= 15 is 0 Å². The summed E-state index contributed by atoms with van der Waals surface area (Å²) < 4.78 is 2.05. The molecule has 0 unspecified atom stereocenters. The molecule has 0 spiro atoms. The number of aromatic nitrogens is 4. The Bertz CT molecular complexity index is 719. The third-order valence-corrected chi connectivity index (χ3v) is 4.63. The number of nitrogens with one attached hydrogen (secondary N) is 1. The maximum atomic E-state index is 12.0. The van der Waals surface area contributed by atoms with Crippen LogP contribution in [-0.2, 0) is 18.6 Å². The fraction of sp³-hybridized carbons (Fsp3) is 0.500. The van der Waals surface area contributed by atoms with Crippen LogP contribution in [0.25, 0.3) is 0 Å². The van der Waals surface area contributed by atoms with Gasteiger partial charge in [-0.2, -0.15) is 0 Å². The first-order valence-corrected chi connectivity index (χ1v) is 8.11. The second-order valence-corrected chi connectivity index (χ2v) is 6.48. The van der Waals surface area contributed by atoms with E-state index in [-0.39, 0.29) is 5.56 Å². The molecule has 3 N–H and O–H groups in total. The SMILES string of the molecule is CC(C)n1cnc(N)c1CSc1nc2c(c(=O)[nH]1)CCC2. The summed E-state index contributed by atoms with van der Waals surface area (Å²) in [5.74, 6) is 1.19. The summed E-state index contributed by atoms with van der Waals surface area (Å²) >= 11 is 1.50. The minimum atomic E-state index is 0.00494. The summed E-state index contributed by atoms with van der Waals surface area (Å²) in [7, 11) is 0. The molecule has 21 heavy (non-hydrogen) atoms. The minimum absolute atomic E-state index is 0.00494. The molecule has 2 heterocycles. The van der Waals surface area contributed by atoms with Crippen molar-refractivity contribution in [3.05, 3.63) is 33.6 Å². The molecule has 0 saturated carbocycles. The lowest BCUT2D eigenvalue weighted by Crippen LogP contribution is -2.15. The number of nitrogen functional groups attached to an aromatic ring is 1. The number of aryl methyl sites for hydroxylation is 1. The van der Waals surface area contributed by atoms with Crippen LogP contribution in [0.2, 0.25) is 0 Å². The van der Waals surface area contributed by atoms with Gasteiger partial charge in [-0.3, -0.25) is 4.79 Å². The van der Waals surface area contributed by atoms with Crippen LogP contribution in [0.15, 0.2) is 16.3 Å². The van der Waals surface area contributed by atoms with E-state index in [9.17, 15) is 4.79 Å². The molecular weight excluding hydrogens is 286 g/mol. The zero-order valence-electron chi connectivity index (χ0n) is 12.2. The lowest BCUT2D eigenvalue weighted by atomic mass is 10.3. The van der Waals surface area contributed by atoms with Crippen LogP contribution in [0.4, 0.5) is 5.82 Å². The van der Waals surface area contributed by atoms with Gasteiger partial charge in [-0.15, -0.1) is 0 Å². The van der Waals surface area contributed by atoms with Gasteiger partial charge in [0.25, 0.3) is 5.56 Å². The summed E-state index contributed by atoms with van der Waals surface area (Å²) in [6, 6.07) is 0.303. The van der Waals surface area contributed by atoms with Crippen molar-refractivity contribution >= 4 is 17.6 Å². The van der Waals surface area contributed by atoms with Gasteiger partial charge < -0.3 is 15.3 Å². The number of hydrogen-bond donors (Lipinski definition) is 2. The summed E-state index contributed by atoms with van der Waals surface area (Å²) in [5, 5.41) is 0.663. The smallest absolute Gasteiger partial charge is 0.254 e. The lowest BCUT2D eigenvalue weighted by molar-refractivity contribution is 0.584. The van der Waals surface area contributed by atoms with Crippen molar-refractivity contribution in [1.29, 1.82) is 0 Å². The number of fused-ring (bicyclic) bond motifs is 1. The summed E-state index contributed by atoms with van der Waals surface area (Å²) in [5.41, 5.74) is 8.70. The molecule has 0 fully saturated rings. The van der Waals surface area contributed by atoms with Gasteiger partial charge in [-0.25, -0.2) is 9.97 Å². The Hall–Kier alpha value is -1.76. The molecule has 0 aromatic carbocycles. The van der Waals surface area contributed by atoms with Gasteiger partial charge in [0.1, 0.15) is 5.82 Å². The number of nitrogens with two attached hydrogens (primary N) is 1. The summed E-state index contributed by atoms with van der Waals surface area (Å²) in [4.78, 5) is 23.6. The number of H-pyrrole nitrogens is 1. The second kappa shape index (κ2) is 5.55. The molecule has 3 rings (SSSR count). The van der Waals surface area contributed by atoms with E-state index < -0.39 is 0 Å². The van der Waals surface area contributed by atoms with Gasteiger partial charge in [0.2, 0.25) is 0 Å². The molecule has 112 valence electrons. The van der Waals surface area contributed by atoms with Crippen LogP contribution in [0.1, 0.15) is 43.3 Å². The van der Waals surface area contributed by atoms with E-state index in [1.165, 1.54) is 11.8 Å². The van der Waals surface area contributed by atoms with Gasteiger partial charge in [-0.1, -0.05) is 11.8 Å². The van der Waals surface area contributed by atoms with Crippen molar-refractivity contribution in [1.82, 2.24) is 19.5 Å². The number of aromatic amines is 1. The first-order valence-electron chi connectivity index (χ1n) is 7.12. The highest BCUT2D eigenvalue weighted by Gasteiger charge is 2.18. The maximum absolute atomic E-state index is 12.0. The van der Waals surface area contributed by atoms with Crippen LogP contribution in [0.5, 0.6) is 0 Å². The normalized spacial score (nSPS) is 13.9. The fourth-order valence-electron chi connectivity index (χ4n) is 2.62. The van der Waals surface area contributed by atoms with Gasteiger partial charge in [0, 0.05) is 17.4 Å². The van der Waals surface area contributed by atoms with E-state index in [4.69, 9.17) is 5.73 Å². The first kappa shape index (κ1) is 14.2. The molecule has 1 aliphatic carbocycles. The highest BCUT2D eigenvalue weighted by Crippen LogP contribution is 2.25. The number of thioether (sulfide) groups is 1. The van der Waals surface area contributed by atoms with Crippen molar-refractivity contribution in [2.45, 2.75) is 50.1 Å². The van der Waals surface area contributed by atoms with Crippen LogP contribution >= 0.6 is 11.8 Å². The maximum Gasteiger partial charge on any atom is 0.254 e. The molecular formula is C14H19N5OS. The predicted octanol–water partition coefficient (Wildman–Crippen LogP) is 1.91. The monoisotopic (exact) mass is 305 g/mol. The Labute approximate surface area is 127 Å². The van der Waals surface area contributed by atoms with Gasteiger partial charge in [0.05, 0.1) is 17.7 Å². The molecule has 6 nitrogen and oxygen atoms in total. The molecule has 0 radical (unpaired) electrons. The van der Waals surface area contributed by atoms with Crippen LogP contribution < -0.4 is 11.3 Å². The third kappa shape index (κ3) is 2.70. The van der Waals surface area contributed by atoms with E-state index in [1.54, 1.807) is 6.33 Å². The van der Waals surface area contributed by atoms with Crippen molar-refractivity contribution in [3.8, 4) is 0 Å². The van der Waals surface area contributed by atoms with Gasteiger partial charge in [0.15, 0.2) is 5.16 Å². The molecule has 7 heteroatoms. The predicted molar refractivity (Wildman–Crippen MR) is 83.5 cm³/mol. The summed E-state index contributed by atoms with van der Waals surface area (Å²) in [6.45, 7) is 4.18. The minimum Gasteiger partial charge on any atom is -0.382 e. The van der Waals surface area contributed by atoms with Crippen molar-refractivity contribution in [2.75, 3.05) is 5.73 Å². The quantitative estimate of drug-likeness (QED) is 0.665. The topological polar surface area (TPSA) is 89.6 Å². The molecule has 0 amide bonds. The van der Waals surface area contributed by atoms with Crippen molar-refractivity contribution in [2.24, 2.45) is 0 Å². The lowest BCUT2D eigenvalue weighted by Gasteiger charge is -2.12. The molecule has 0 atom stereocenters. The molecule has 0 bridgehead atoms. The second-order valence-electron chi connectivity index (χ2n) is 5.52. The number of anilines is 1. The fourth-order valence-corrected chi connectivity index (χ4v) is 3.53. The van der Waals surface area contributed by atoms with Crippen molar-refractivity contribution < 1.29 is 0 Å². The van der Waals surface area contributed by atoms with Gasteiger partial charge in [-0.05, 0) is 33.1 Å². The highest BCUT2D eigenvalue weighted by atomic mass is 32.2. The van der Waals surface area contributed by atoms with E-state index in [0.717, 1.165) is 36.2 Å². The third-order valence-electron chi connectivity index (χ3n) is 3.75. The molecule has 1 aliphatic rings. The molecule has 0 aliphatic heterocycles. The van der Waals surface area contributed by atoms with Crippen molar-refractivity contribution in [3.63, 3.8) is 0 Å².